The summed E-state index contributed by atoms with van der Waals surface area (Å²) in [6.45, 7) is 3.11. The molecule has 1 aliphatic heterocycles. The highest BCUT2D eigenvalue weighted by atomic mass is 35.5. The molecule has 1 heterocycles. The predicted octanol–water partition coefficient (Wildman–Crippen LogP) is 2.95. The lowest BCUT2D eigenvalue weighted by atomic mass is 10.6. The van der Waals surface area contributed by atoms with Crippen molar-refractivity contribution >= 4 is 34.8 Å². The molecule has 0 saturated carbocycles. The van der Waals surface area contributed by atoms with E-state index in [9.17, 15) is 13.2 Å². The Bertz CT molecular complexity index is 130. The molecule has 0 spiro atoms. The van der Waals surface area contributed by atoms with Gasteiger partial charge in [-0.05, 0) is 11.6 Å². The van der Waals surface area contributed by atoms with E-state index in [0.29, 0.717) is 0 Å². The van der Waals surface area contributed by atoms with E-state index in [4.69, 9.17) is 9.47 Å². The van der Waals surface area contributed by atoms with Crippen LogP contribution in [0.25, 0.3) is 0 Å². The van der Waals surface area contributed by atoms with Gasteiger partial charge in [0.25, 0.3) is 0 Å². The molecule has 8 heteroatoms. The van der Waals surface area contributed by atoms with Crippen LogP contribution in [0.15, 0.2) is 0 Å². The predicted molar refractivity (Wildman–Crippen MR) is 48.0 cm³/mol. The Labute approximate surface area is 94.2 Å². The van der Waals surface area contributed by atoms with Gasteiger partial charge in [0.1, 0.15) is 0 Å². The molecule has 1 fully saturated rings. The van der Waals surface area contributed by atoms with Crippen LogP contribution in [0.1, 0.15) is 0 Å². The molecule has 0 amide bonds. The van der Waals surface area contributed by atoms with E-state index < -0.39 is 9.97 Å². The normalized spacial score (nSPS) is 18.4. The molecule has 0 aromatic carbocycles. The first kappa shape index (κ1) is 14.6. The fourth-order valence-corrected chi connectivity index (χ4v) is 0.440. The van der Waals surface area contributed by atoms with Crippen LogP contribution in [-0.2, 0) is 9.47 Å². The van der Waals surface area contributed by atoms with Crippen LogP contribution in [0.5, 0.6) is 0 Å². The second-order valence-corrected chi connectivity index (χ2v) is 3.93. The van der Waals surface area contributed by atoms with Gasteiger partial charge < -0.3 is 9.47 Å². The molecule has 0 atom stereocenters. The Morgan fingerprint density at radius 2 is 1.00 bits per heavy atom. The Morgan fingerprint density at radius 3 is 1.07 bits per heavy atom. The van der Waals surface area contributed by atoms with Crippen LogP contribution in [0.3, 0.4) is 0 Å². The zero-order valence-electron chi connectivity index (χ0n) is 6.91. The summed E-state index contributed by atoms with van der Waals surface area (Å²) >= 11 is 12.5. The SMILES string of the molecule is C1COCCO1.FC(F)(Cl)C(F)(Cl)Cl. The summed E-state index contributed by atoms with van der Waals surface area (Å²) in [5.41, 5.74) is 0. The van der Waals surface area contributed by atoms with Crippen molar-refractivity contribution in [2.45, 2.75) is 9.97 Å². The molecule has 0 aliphatic carbocycles. The molecule has 0 aromatic rings. The van der Waals surface area contributed by atoms with Crippen molar-refractivity contribution in [3.8, 4) is 0 Å². The second kappa shape index (κ2) is 6.23. The zero-order chi connectivity index (χ0) is 11.2. The summed E-state index contributed by atoms with van der Waals surface area (Å²) in [5.74, 6) is 0. The van der Waals surface area contributed by atoms with Crippen LogP contribution in [0.4, 0.5) is 13.2 Å². The van der Waals surface area contributed by atoms with Gasteiger partial charge in [-0.3, -0.25) is 0 Å². The molecule has 0 bridgehead atoms. The van der Waals surface area contributed by atoms with Crippen LogP contribution in [0.2, 0.25) is 0 Å². The summed E-state index contributed by atoms with van der Waals surface area (Å²) < 4.78 is 40.5. The third-order valence-electron chi connectivity index (χ3n) is 1.07. The topological polar surface area (TPSA) is 18.5 Å². The second-order valence-electron chi connectivity index (χ2n) is 2.22. The average molecular weight is 275 g/mol. The van der Waals surface area contributed by atoms with Crippen LogP contribution in [0, 0.1) is 0 Å². The van der Waals surface area contributed by atoms with Crippen LogP contribution < -0.4 is 0 Å². The molecular formula is C6H8Cl3F3O2. The molecule has 0 aromatic heterocycles. The molecule has 1 aliphatic rings. The molecular weight excluding hydrogens is 267 g/mol. The summed E-state index contributed by atoms with van der Waals surface area (Å²) in [5, 5.41) is -4.23. The number of hydrogen-bond donors (Lipinski definition) is 0. The van der Waals surface area contributed by atoms with Crippen molar-refractivity contribution < 1.29 is 22.6 Å². The number of hydrogen-bond acceptors (Lipinski definition) is 2. The zero-order valence-corrected chi connectivity index (χ0v) is 9.18. The lowest BCUT2D eigenvalue weighted by Crippen LogP contribution is -2.27. The van der Waals surface area contributed by atoms with Crippen molar-refractivity contribution in [1.82, 2.24) is 0 Å². The summed E-state index contributed by atoms with van der Waals surface area (Å²) in [6, 6.07) is 0. The van der Waals surface area contributed by atoms with Gasteiger partial charge in [0.2, 0.25) is 0 Å². The van der Waals surface area contributed by atoms with Crippen molar-refractivity contribution in [2.24, 2.45) is 0 Å². The molecule has 1 rings (SSSR count). The maximum absolute atomic E-state index is 11.5. The highest BCUT2D eigenvalue weighted by Crippen LogP contribution is 2.42. The minimum atomic E-state index is -4.23. The Morgan fingerprint density at radius 1 is 0.786 bits per heavy atom. The first-order chi connectivity index (χ1) is 6.25. The molecule has 0 unspecified atom stereocenters. The van der Waals surface area contributed by atoms with E-state index in [1.54, 1.807) is 0 Å². The number of rotatable bonds is 1. The summed E-state index contributed by atoms with van der Waals surface area (Å²) in [4.78, 5) is 0. The standard InChI is InChI=1S/C4H8O2.C2Cl3F3/c1-2-6-4-3-5-1;3-1(4,6)2(5,7)8/h1-4H2;. The van der Waals surface area contributed by atoms with Gasteiger partial charge >= 0.3 is 9.97 Å². The molecule has 0 N–H and O–H groups in total. The van der Waals surface area contributed by atoms with Crippen molar-refractivity contribution in [2.75, 3.05) is 26.4 Å². The number of ether oxygens (including phenoxy) is 2. The van der Waals surface area contributed by atoms with Crippen molar-refractivity contribution in [1.29, 1.82) is 0 Å². The van der Waals surface area contributed by atoms with Crippen molar-refractivity contribution in [3.63, 3.8) is 0 Å². The van der Waals surface area contributed by atoms with Gasteiger partial charge in [0.05, 0.1) is 26.4 Å². The van der Waals surface area contributed by atoms with Crippen molar-refractivity contribution in [3.05, 3.63) is 0 Å². The highest BCUT2D eigenvalue weighted by molar-refractivity contribution is 6.51. The third kappa shape index (κ3) is 6.95. The Kier molecular flexibility index (Phi) is 6.48. The van der Waals surface area contributed by atoms with Gasteiger partial charge in [0.15, 0.2) is 0 Å². The van der Waals surface area contributed by atoms with Crippen LogP contribution in [-0.4, -0.2) is 36.4 Å². The molecule has 86 valence electrons. The lowest BCUT2D eigenvalue weighted by Gasteiger charge is -2.13. The fourth-order valence-electron chi connectivity index (χ4n) is 0.440. The third-order valence-corrected chi connectivity index (χ3v) is 1.99. The number of alkyl halides is 6. The average Bonchev–Trinajstić information content (AvgIpc) is 2.05. The van der Waals surface area contributed by atoms with E-state index in [0.717, 1.165) is 26.4 Å². The number of halogens is 6. The maximum Gasteiger partial charge on any atom is 0.383 e. The largest absolute Gasteiger partial charge is 0.383 e. The highest BCUT2D eigenvalue weighted by Gasteiger charge is 2.51. The molecule has 1 saturated heterocycles. The monoisotopic (exact) mass is 274 g/mol. The Balaban J connectivity index is 0.000000249. The van der Waals surface area contributed by atoms with E-state index in [2.05, 4.69) is 34.8 Å². The minimum absolute atomic E-state index is 0.778. The summed E-state index contributed by atoms with van der Waals surface area (Å²) in [6.07, 6.45) is 0. The van der Waals surface area contributed by atoms with E-state index in [-0.39, 0.29) is 0 Å². The quantitative estimate of drug-likeness (QED) is 0.685. The molecule has 0 radical (unpaired) electrons. The Hall–Kier alpha value is 0.580. The first-order valence-corrected chi connectivity index (χ1v) is 4.67. The first-order valence-electron chi connectivity index (χ1n) is 3.54. The lowest BCUT2D eigenvalue weighted by molar-refractivity contribution is -0.0334. The van der Waals surface area contributed by atoms with E-state index >= 15 is 0 Å². The molecule has 14 heavy (non-hydrogen) atoms. The van der Waals surface area contributed by atoms with Gasteiger partial charge in [-0.25, -0.2) is 0 Å². The van der Waals surface area contributed by atoms with Gasteiger partial charge in [-0.1, -0.05) is 23.2 Å². The van der Waals surface area contributed by atoms with Gasteiger partial charge in [-0.15, -0.1) is 0 Å². The van der Waals surface area contributed by atoms with Crippen LogP contribution >= 0.6 is 34.8 Å². The summed E-state index contributed by atoms with van der Waals surface area (Å²) in [7, 11) is 0. The fraction of sp³-hybridized carbons (Fsp3) is 1.00. The van der Waals surface area contributed by atoms with Gasteiger partial charge in [0, 0.05) is 0 Å². The van der Waals surface area contributed by atoms with E-state index in [1.165, 1.54) is 0 Å². The smallest absolute Gasteiger partial charge is 0.377 e. The minimum Gasteiger partial charge on any atom is -0.377 e. The molecule has 2 nitrogen and oxygen atoms in total. The van der Waals surface area contributed by atoms with Gasteiger partial charge in [-0.2, -0.15) is 13.2 Å². The van der Waals surface area contributed by atoms with E-state index in [1.807, 2.05) is 0 Å². The maximum atomic E-state index is 11.5.